The molecule has 0 N–H and O–H groups in total. The van der Waals surface area contributed by atoms with Crippen molar-refractivity contribution < 1.29 is 0 Å². The van der Waals surface area contributed by atoms with Crippen LogP contribution in [0.25, 0.3) is 0 Å². The molecular weight excluding hydrogens is 160 g/mol. The molecule has 70 valence electrons. The van der Waals surface area contributed by atoms with Gasteiger partial charge in [-0.1, -0.05) is 0 Å². The van der Waals surface area contributed by atoms with Crippen molar-refractivity contribution in [1.29, 1.82) is 0 Å². The molecule has 0 saturated heterocycles. The maximum atomic E-state index is 2.57. The quantitative estimate of drug-likeness (QED) is 0.500. The van der Waals surface area contributed by atoms with E-state index in [9.17, 15) is 0 Å². The molecule has 0 aliphatic carbocycles. The molecule has 1 atom stereocenters. The van der Waals surface area contributed by atoms with Crippen LogP contribution in [0.3, 0.4) is 0 Å². The Morgan fingerprint density at radius 3 is 2.17 bits per heavy atom. The Labute approximate surface area is 77.4 Å². The van der Waals surface area contributed by atoms with Gasteiger partial charge >= 0.3 is 76.8 Å². The summed E-state index contributed by atoms with van der Waals surface area (Å²) in [6.45, 7) is 14.2. The van der Waals surface area contributed by atoms with E-state index in [4.69, 9.17) is 0 Å². The molecule has 1 unspecified atom stereocenters. The molecule has 0 aromatic rings. The van der Waals surface area contributed by atoms with Crippen LogP contribution in [0.1, 0.15) is 27.7 Å². The zero-order valence-electron chi connectivity index (χ0n) is 9.23. The molecule has 0 aromatic heterocycles. The average Bonchev–Trinajstić information content (AvgIpc) is 1.97. The second-order valence-electron chi connectivity index (χ2n) is 5.05. The van der Waals surface area contributed by atoms with Crippen molar-refractivity contribution in [2.24, 2.45) is 0 Å². The van der Waals surface area contributed by atoms with Gasteiger partial charge in [-0.2, -0.15) is 0 Å². The van der Waals surface area contributed by atoms with E-state index in [0.29, 0.717) is 0 Å². The summed E-state index contributed by atoms with van der Waals surface area (Å²) in [7, 11) is -1.37. The van der Waals surface area contributed by atoms with Crippen LogP contribution in [0.2, 0.25) is 18.6 Å². The van der Waals surface area contributed by atoms with E-state index in [2.05, 4.69) is 46.5 Å². The Kier molecular flexibility index (Phi) is 2.35. The third kappa shape index (κ3) is 1.42. The van der Waals surface area contributed by atoms with Crippen molar-refractivity contribution in [3.63, 3.8) is 0 Å². The number of allylic oxidation sites excluding steroid dienone is 3. The van der Waals surface area contributed by atoms with Crippen LogP contribution in [0.5, 0.6) is 0 Å². The summed E-state index contributed by atoms with van der Waals surface area (Å²) in [6, 6.07) is 0. The fourth-order valence-corrected chi connectivity index (χ4v) is 5.58. The standard InChI is InChI=1S/C11H21Si/c1-8-7-12(5,6)11(4)10(3)9(8)2/h7,11-12H,1-6H3/q-1. The van der Waals surface area contributed by atoms with Crippen LogP contribution < -0.4 is 0 Å². The van der Waals surface area contributed by atoms with Gasteiger partial charge in [-0.3, -0.25) is 0 Å². The van der Waals surface area contributed by atoms with Crippen LogP contribution in [-0.4, -0.2) is 8.07 Å². The van der Waals surface area contributed by atoms with Gasteiger partial charge in [0.2, 0.25) is 0 Å². The predicted molar refractivity (Wildman–Crippen MR) is 60.4 cm³/mol. The molecule has 0 spiro atoms. The van der Waals surface area contributed by atoms with E-state index < -0.39 is 8.07 Å². The van der Waals surface area contributed by atoms with E-state index in [1.807, 2.05) is 0 Å². The molecule has 0 radical (unpaired) electrons. The third-order valence-corrected chi connectivity index (χ3v) is 8.27. The average molecular weight is 181 g/mol. The molecule has 0 saturated carbocycles. The van der Waals surface area contributed by atoms with E-state index in [0.717, 1.165) is 5.54 Å². The minimum atomic E-state index is -1.37. The van der Waals surface area contributed by atoms with Gasteiger partial charge in [0.15, 0.2) is 0 Å². The molecule has 0 aromatic carbocycles. The van der Waals surface area contributed by atoms with Gasteiger partial charge in [0.25, 0.3) is 0 Å². The number of hydrogen-bond acceptors (Lipinski definition) is 0. The van der Waals surface area contributed by atoms with E-state index in [-0.39, 0.29) is 0 Å². The Morgan fingerprint density at radius 1 is 1.17 bits per heavy atom. The zero-order chi connectivity index (χ0) is 9.52. The number of hydrogen-bond donors (Lipinski definition) is 0. The second-order valence-corrected chi connectivity index (χ2v) is 10.6. The van der Waals surface area contributed by atoms with E-state index >= 15 is 0 Å². The fraction of sp³-hybridized carbons (Fsp3) is 0.636. The number of rotatable bonds is 0. The van der Waals surface area contributed by atoms with Gasteiger partial charge in [0.1, 0.15) is 0 Å². The van der Waals surface area contributed by atoms with Crippen LogP contribution >= 0.6 is 0 Å². The monoisotopic (exact) mass is 181 g/mol. The van der Waals surface area contributed by atoms with Crippen molar-refractivity contribution in [2.75, 3.05) is 0 Å². The van der Waals surface area contributed by atoms with Gasteiger partial charge in [-0.05, 0) is 0 Å². The van der Waals surface area contributed by atoms with E-state index in [1.165, 1.54) is 11.1 Å². The third-order valence-electron chi connectivity index (χ3n) is 3.83. The Morgan fingerprint density at radius 2 is 1.67 bits per heavy atom. The zero-order valence-corrected chi connectivity index (χ0v) is 10.4. The summed E-state index contributed by atoms with van der Waals surface area (Å²) in [4.78, 5) is 0. The van der Waals surface area contributed by atoms with Gasteiger partial charge in [0.05, 0.1) is 0 Å². The molecule has 1 aliphatic rings. The first-order chi connectivity index (χ1) is 5.36. The SMILES string of the molecule is CC1=C[SiH-](C)(C)C(C)C(C)=C1C. The molecule has 0 fully saturated rings. The summed E-state index contributed by atoms with van der Waals surface area (Å²) in [5, 5.41) is 0. The second kappa shape index (κ2) is 2.88. The summed E-state index contributed by atoms with van der Waals surface area (Å²) in [6.07, 6.45) is 0. The normalized spacial score (nSPS) is 31.5. The van der Waals surface area contributed by atoms with Crippen molar-refractivity contribution in [2.45, 2.75) is 46.3 Å². The predicted octanol–water partition coefficient (Wildman–Crippen LogP) is 3.65. The topological polar surface area (TPSA) is 0 Å². The van der Waals surface area contributed by atoms with Crippen LogP contribution in [-0.2, 0) is 0 Å². The van der Waals surface area contributed by atoms with Gasteiger partial charge in [-0.15, -0.1) is 0 Å². The molecule has 1 aliphatic heterocycles. The first-order valence-corrected chi connectivity index (χ1v) is 8.62. The Bertz CT molecular complexity index is 256. The molecule has 12 heavy (non-hydrogen) atoms. The molecular formula is C11H21Si-. The summed E-state index contributed by atoms with van der Waals surface area (Å²) in [5.41, 5.74) is 8.11. The maximum absolute atomic E-state index is 2.57. The fourth-order valence-electron chi connectivity index (χ4n) is 2.21. The minimum absolute atomic E-state index is 0.848. The molecule has 0 amide bonds. The molecule has 0 bridgehead atoms. The van der Waals surface area contributed by atoms with Crippen molar-refractivity contribution in [3.8, 4) is 0 Å². The molecule has 1 rings (SSSR count). The summed E-state index contributed by atoms with van der Waals surface area (Å²) >= 11 is 0. The van der Waals surface area contributed by atoms with Gasteiger partial charge < -0.3 is 0 Å². The Balaban J connectivity index is 3.15. The summed E-state index contributed by atoms with van der Waals surface area (Å²) in [5.74, 6) is 0. The Hall–Kier alpha value is -0.303. The summed E-state index contributed by atoms with van der Waals surface area (Å²) < 4.78 is 0. The van der Waals surface area contributed by atoms with Gasteiger partial charge in [-0.25, -0.2) is 0 Å². The van der Waals surface area contributed by atoms with Crippen molar-refractivity contribution in [1.82, 2.24) is 0 Å². The molecule has 0 nitrogen and oxygen atoms in total. The van der Waals surface area contributed by atoms with Crippen LogP contribution in [0, 0.1) is 0 Å². The van der Waals surface area contributed by atoms with Crippen LogP contribution in [0.4, 0.5) is 0 Å². The van der Waals surface area contributed by atoms with Crippen molar-refractivity contribution in [3.05, 3.63) is 22.4 Å². The first kappa shape index (κ1) is 9.78. The molecule has 1 heterocycles. The van der Waals surface area contributed by atoms with E-state index in [1.54, 1.807) is 5.57 Å². The van der Waals surface area contributed by atoms with Crippen LogP contribution in [0.15, 0.2) is 22.4 Å². The van der Waals surface area contributed by atoms with Gasteiger partial charge in [0, 0.05) is 0 Å². The van der Waals surface area contributed by atoms with Crippen molar-refractivity contribution >= 4 is 8.07 Å². The molecule has 1 heteroatoms. The first-order valence-electron chi connectivity index (χ1n) is 4.98.